The van der Waals surface area contributed by atoms with Gasteiger partial charge in [0.2, 0.25) is 0 Å². The maximum atomic E-state index is 14.8. The van der Waals surface area contributed by atoms with Crippen LogP contribution in [-0.2, 0) is 21.4 Å². The van der Waals surface area contributed by atoms with Crippen molar-refractivity contribution in [1.29, 1.82) is 5.26 Å². The average Bonchev–Trinajstić information content (AvgIpc) is 2.73. The van der Waals surface area contributed by atoms with Crippen LogP contribution in [0.4, 0.5) is 10.1 Å². The molecule has 1 fully saturated rings. The minimum Gasteiger partial charge on any atom is -0.506 e. The van der Waals surface area contributed by atoms with Gasteiger partial charge in [0.15, 0.2) is 5.82 Å². The van der Waals surface area contributed by atoms with E-state index in [0.29, 0.717) is 15.3 Å². The second kappa shape index (κ2) is 5.10. The van der Waals surface area contributed by atoms with Crippen LogP contribution in [0, 0.1) is 17.1 Å². The van der Waals surface area contributed by atoms with E-state index in [4.69, 9.17) is 5.26 Å². The van der Waals surface area contributed by atoms with Crippen LogP contribution >= 0.6 is 0 Å². The zero-order chi connectivity index (χ0) is 16.8. The molecule has 118 valence electrons. The first kappa shape index (κ1) is 15.1. The van der Waals surface area contributed by atoms with Gasteiger partial charge < -0.3 is 5.11 Å². The van der Waals surface area contributed by atoms with E-state index in [2.05, 4.69) is 0 Å². The summed E-state index contributed by atoms with van der Waals surface area (Å²) in [5.41, 5.74) is -0.0426. The number of fused-ring (bicyclic) bond motifs is 1. The molecule has 0 aliphatic carbocycles. The molecule has 3 rings (SSSR count). The number of rotatable bonds is 2. The summed E-state index contributed by atoms with van der Waals surface area (Å²) in [6, 6.07) is 7.69. The molecule has 0 bridgehead atoms. The molecule has 0 radical (unpaired) electrons. The van der Waals surface area contributed by atoms with Crippen LogP contribution in [0.2, 0.25) is 0 Å². The van der Waals surface area contributed by atoms with Crippen LogP contribution in [0.25, 0.3) is 10.8 Å². The van der Waals surface area contributed by atoms with Crippen molar-refractivity contribution in [2.45, 2.75) is 6.42 Å². The highest BCUT2D eigenvalue weighted by atomic mass is 32.2. The van der Waals surface area contributed by atoms with Gasteiger partial charge in [-0.1, -0.05) is 12.1 Å². The van der Waals surface area contributed by atoms with Gasteiger partial charge in [-0.2, -0.15) is 13.7 Å². The standard InChI is InChI=1S/C14H10FN3O4S/c15-13-10-5-8(3-4-16)1-2-9(10)6-11(19)14(13)18-7-12(20)17-23(18,21)22/h1-2,5-6,19H,3,7H2,(H,17,20). The number of amides is 1. The van der Waals surface area contributed by atoms with Crippen molar-refractivity contribution in [2.24, 2.45) is 0 Å². The van der Waals surface area contributed by atoms with Gasteiger partial charge in [0.05, 0.1) is 12.5 Å². The second-order valence-corrected chi connectivity index (χ2v) is 6.58. The molecule has 1 saturated heterocycles. The fraction of sp³-hybridized carbons (Fsp3) is 0.143. The Balaban J connectivity index is 2.25. The van der Waals surface area contributed by atoms with Crippen LogP contribution in [0.1, 0.15) is 5.56 Å². The van der Waals surface area contributed by atoms with Crippen LogP contribution in [0.15, 0.2) is 24.3 Å². The summed E-state index contributed by atoms with van der Waals surface area (Å²) in [5, 5.41) is 19.1. The number of aromatic hydroxyl groups is 1. The third-order valence-electron chi connectivity index (χ3n) is 3.45. The van der Waals surface area contributed by atoms with Gasteiger partial charge in [-0.25, -0.2) is 13.4 Å². The van der Waals surface area contributed by atoms with Crippen LogP contribution in [0.5, 0.6) is 5.75 Å². The van der Waals surface area contributed by atoms with Crippen LogP contribution in [0.3, 0.4) is 0 Å². The molecule has 0 saturated carbocycles. The molecule has 0 aromatic heterocycles. The zero-order valence-electron chi connectivity index (χ0n) is 11.6. The molecule has 1 amide bonds. The predicted molar refractivity (Wildman–Crippen MR) is 79.3 cm³/mol. The highest BCUT2D eigenvalue weighted by Crippen LogP contribution is 2.38. The Morgan fingerprint density at radius 1 is 1.39 bits per heavy atom. The first-order chi connectivity index (χ1) is 10.8. The predicted octanol–water partition coefficient (Wildman–Crippen LogP) is 0.932. The molecule has 0 atom stereocenters. The maximum absolute atomic E-state index is 14.8. The maximum Gasteiger partial charge on any atom is 0.326 e. The molecule has 2 N–H and O–H groups in total. The number of nitrogens with zero attached hydrogens (tertiary/aromatic N) is 2. The van der Waals surface area contributed by atoms with E-state index in [1.165, 1.54) is 18.2 Å². The Labute approximate surface area is 130 Å². The lowest BCUT2D eigenvalue weighted by Gasteiger charge is -2.18. The highest BCUT2D eigenvalue weighted by Gasteiger charge is 2.37. The molecule has 7 nitrogen and oxygen atoms in total. The first-order valence-corrected chi connectivity index (χ1v) is 7.92. The van der Waals surface area contributed by atoms with Gasteiger partial charge in [0.25, 0.3) is 5.91 Å². The Hall–Kier alpha value is -2.86. The molecule has 1 heterocycles. The number of phenols is 1. The van der Waals surface area contributed by atoms with Crippen molar-refractivity contribution in [1.82, 2.24) is 4.72 Å². The van der Waals surface area contributed by atoms with Crippen molar-refractivity contribution in [2.75, 3.05) is 10.8 Å². The Kier molecular flexibility index (Phi) is 3.34. The molecule has 23 heavy (non-hydrogen) atoms. The lowest BCUT2D eigenvalue weighted by molar-refractivity contribution is -0.117. The number of nitrogens with one attached hydrogen (secondary N) is 1. The number of hydrogen-bond acceptors (Lipinski definition) is 5. The number of nitriles is 1. The Morgan fingerprint density at radius 3 is 2.74 bits per heavy atom. The van der Waals surface area contributed by atoms with E-state index in [9.17, 15) is 22.7 Å². The summed E-state index contributed by atoms with van der Waals surface area (Å²) in [4.78, 5) is 11.3. The minimum absolute atomic E-state index is 0.0556. The van der Waals surface area contributed by atoms with Crippen LogP contribution < -0.4 is 9.03 Å². The van der Waals surface area contributed by atoms with Crippen molar-refractivity contribution < 1.29 is 22.7 Å². The van der Waals surface area contributed by atoms with Crippen molar-refractivity contribution in [3.8, 4) is 11.8 Å². The fourth-order valence-corrected chi connectivity index (χ4v) is 3.62. The van der Waals surface area contributed by atoms with Crippen molar-refractivity contribution in [3.05, 3.63) is 35.6 Å². The Bertz CT molecular complexity index is 982. The fourth-order valence-electron chi connectivity index (χ4n) is 2.46. The number of benzene rings is 2. The van der Waals surface area contributed by atoms with E-state index in [-0.39, 0.29) is 11.8 Å². The summed E-state index contributed by atoms with van der Waals surface area (Å²) < 4.78 is 40.7. The van der Waals surface area contributed by atoms with Crippen molar-refractivity contribution in [3.63, 3.8) is 0 Å². The smallest absolute Gasteiger partial charge is 0.326 e. The number of carbonyl (C=O) groups excluding carboxylic acids is 1. The first-order valence-electron chi connectivity index (χ1n) is 6.48. The molecule has 1 aliphatic rings. The molecule has 0 unspecified atom stereocenters. The van der Waals surface area contributed by atoms with E-state index in [0.717, 1.165) is 0 Å². The lowest BCUT2D eigenvalue weighted by atomic mass is 10.0. The Morgan fingerprint density at radius 2 is 2.13 bits per heavy atom. The molecule has 1 aliphatic heterocycles. The molecule has 2 aromatic carbocycles. The number of carbonyl (C=O) groups is 1. The summed E-state index contributed by atoms with van der Waals surface area (Å²) in [6.07, 6.45) is 0.0631. The highest BCUT2D eigenvalue weighted by molar-refractivity contribution is 7.92. The van der Waals surface area contributed by atoms with E-state index < -0.39 is 39.9 Å². The zero-order valence-corrected chi connectivity index (χ0v) is 12.4. The van der Waals surface area contributed by atoms with Crippen molar-refractivity contribution >= 4 is 32.6 Å². The largest absolute Gasteiger partial charge is 0.506 e. The number of hydrogen-bond donors (Lipinski definition) is 2. The quantitative estimate of drug-likeness (QED) is 0.848. The summed E-state index contributed by atoms with van der Waals surface area (Å²) in [6.45, 7) is -0.615. The third-order valence-corrected chi connectivity index (χ3v) is 4.83. The summed E-state index contributed by atoms with van der Waals surface area (Å²) >= 11 is 0. The van der Waals surface area contributed by atoms with Gasteiger partial charge in [0.1, 0.15) is 18.0 Å². The summed E-state index contributed by atoms with van der Waals surface area (Å²) in [5.74, 6) is -2.38. The second-order valence-electron chi connectivity index (χ2n) is 4.99. The average molecular weight is 335 g/mol. The topological polar surface area (TPSA) is 110 Å². The molecular formula is C14H10FN3O4S. The van der Waals surface area contributed by atoms with Gasteiger partial charge in [0, 0.05) is 5.39 Å². The molecule has 9 heteroatoms. The molecule has 0 spiro atoms. The lowest BCUT2D eigenvalue weighted by Crippen LogP contribution is -2.30. The third kappa shape index (κ3) is 2.43. The molecule has 2 aromatic rings. The van der Waals surface area contributed by atoms with Gasteiger partial charge in [-0.05, 0) is 23.1 Å². The normalized spacial score (nSPS) is 16.3. The molecular weight excluding hydrogens is 325 g/mol. The number of halogens is 1. The van der Waals surface area contributed by atoms with Gasteiger partial charge in [-0.3, -0.25) is 4.79 Å². The van der Waals surface area contributed by atoms with Gasteiger partial charge in [-0.15, -0.1) is 0 Å². The van der Waals surface area contributed by atoms with E-state index in [1.54, 1.807) is 10.8 Å². The minimum atomic E-state index is -4.24. The monoisotopic (exact) mass is 335 g/mol. The number of anilines is 1. The van der Waals surface area contributed by atoms with E-state index >= 15 is 0 Å². The van der Waals surface area contributed by atoms with Gasteiger partial charge >= 0.3 is 10.2 Å². The SMILES string of the molecule is N#CCc1ccc2cc(O)c(N3CC(=O)NS3(=O)=O)c(F)c2c1. The summed E-state index contributed by atoms with van der Waals surface area (Å²) in [7, 11) is -4.24. The number of phenolic OH excluding ortho intramolecular Hbond substituents is 1. The van der Waals surface area contributed by atoms with E-state index in [1.807, 2.05) is 6.07 Å². The van der Waals surface area contributed by atoms with Crippen LogP contribution in [-0.4, -0.2) is 26.0 Å².